The Hall–Kier alpha value is -1.88. The van der Waals surface area contributed by atoms with Gasteiger partial charge in [-0.05, 0) is 23.6 Å². The quantitative estimate of drug-likeness (QED) is 0.597. The van der Waals surface area contributed by atoms with E-state index in [0.717, 1.165) is 5.39 Å². The fraction of sp³-hybridized carbons (Fsp3) is 0. The molecule has 0 spiro atoms. The first kappa shape index (κ1) is 7.75. The van der Waals surface area contributed by atoms with Crippen LogP contribution < -0.4 is 0 Å². The number of hydrogen-bond acceptors (Lipinski definition) is 1. The third-order valence-corrected chi connectivity index (χ3v) is 1.96. The van der Waals surface area contributed by atoms with Gasteiger partial charge in [-0.15, -0.1) is 0 Å². The Morgan fingerprint density at radius 1 is 1.15 bits per heavy atom. The van der Waals surface area contributed by atoms with Gasteiger partial charge in [-0.3, -0.25) is 0 Å². The standard InChI is InChI=1S/C11H6FN/c12-10-5-4-8-2-1-3-9(7-13)11(8)6-10/h1-6H. The van der Waals surface area contributed by atoms with Crippen molar-refractivity contribution >= 4 is 10.8 Å². The molecule has 0 aromatic heterocycles. The number of halogens is 1. The molecule has 0 aliphatic carbocycles. The minimum Gasteiger partial charge on any atom is -0.207 e. The number of rotatable bonds is 0. The summed E-state index contributed by atoms with van der Waals surface area (Å²) in [5.74, 6) is -0.310. The van der Waals surface area contributed by atoms with E-state index in [9.17, 15) is 4.39 Å². The van der Waals surface area contributed by atoms with Gasteiger partial charge >= 0.3 is 0 Å². The van der Waals surface area contributed by atoms with E-state index in [1.807, 2.05) is 12.1 Å². The molecule has 0 N–H and O–H groups in total. The number of nitriles is 1. The first-order valence-corrected chi connectivity index (χ1v) is 3.89. The van der Waals surface area contributed by atoms with Crippen molar-refractivity contribution in [3.05, 3.63) is 47.8 Å². The van der Waals surface area contributed by atoms with E-state index in [2.05, 4.69) is 0 Å². The van der Waals surface area contributed by atoms with Crippen LogP contribution in [0.4, 0.5) is 4.39 Å². The van der Waals surface area contributed by atoms with Gasteiger partial charge in [0.2, 0.25) is 0 Å². The van der Waals surface area contributed by atoms with E-state index < -0.39 is 0 Å². The molecule has 0 aliphatic heterocycles. The molecule has 0 saturated carbocycles. The van der Waals surface area contributed by atoms with Gasteiger partial charge in [-0.25, -0.2) is 4.39 Å². The lowest BCUT2D eigenvalue weighted by Gasteiger charge is -1.98. The Bertz CT molecular complexity index is 497. The summed E-state index contributed by atoms with van der Waals surface area (Å²) in [7, 11) is 0. The Morgan fingerprint density at radius 3 is 2.77 bits per heavy atom. The fourth-order valence-electron chi connectivity index (χ4n) is 1.34. The van der Waals surface area contributed by atoms with Crippen LogP contribution >= 0.6 is 0 Å². The Kier molecular flexibility index (Phi) is 1.71. The topological polar surface area (TPSA) is 23.8 Å². The summed E-state index contributed by atoms with van der Waals surface area (Å²) >= 11 is 0. The molecule has 2 aromatic carbocycles. The molecule has 0 atom stereocenters. The Balaban J connectivity index is 2.89. The highest BCUT2D eigenvalue weighted by Crippen LogP contribution is 2.18. The summed E-state index contributed by atoms with van der Waals surface area (Å²) in [6, 6.07) is 11.8. The average Bonchev–Trinajstić information content (AvgIpc) is 2.17. The fourth-order valence-corrected chi connectivity index (χ4v) is 1.34. The molecule has 0 fully saturated rings. The molecule has 1 nitrogen and oxygen atoms in total. The summed E-state index contributed by atoms with van der Waals surface area (Å²) in [5.41, 5.74) is 0.511. The van der Waals surface area contributed by atoms with Crippen molar-refractivity contribution < 1.29 is 4.39 Å². The van der Waals surface area contributed by atoms with Crippen molar-refractivity contribution in [2.24, 2.45) is 0 Å². The van der Waals surface area contributed by atoms with Crippen molar-refractivity contribution in [2.45, 2.75) is 0 Å². The van der Waals surface area contributed by atoms with Crippen LogP contribution in [0.5, 0.6) is 0 Å². The second-order valence-corrected chi connectivity index (χ2v) is 2.78. The van der Waals surface area contributed by atoms with Gasteiger partial charge in [0.05, 0.1) is 11.6 Å². The minimum atomic E-state index is -0.310. The SMILES string of the molecule is N#Cc1cccc2ccc(F)cc12. The molecule has 0 radical (unpaired) electrons. The molecule has 0 unspecified atom stereocenters. The summed E-state index contributed by atoms with van der Waals surface area (Å²) in [6.45, 7) is 0. The van der Waals surface area contributed by atoms with Crippen LogP contribution in [0, 0.1) is 17.1 Å². The number of nitrogens with zero attached hydrogens (tertiary/aromatic N) is 1. The molecule has 62 valence electrons. The lowest BCUT2D eigenvalue weighted by Crippen LogP contribution is -1.80. The molecular weight excluding hydrogens is 165 g/mol. The van der Waals surface area contributed by atoms with Gasteiger partial charge in [-0.1, -0.05) is 18.2 Å². The summed E-state index contributed by atoms with van der Waals surface area (Å²) in [4.78, 5) is 0. The molecule has 0 bridgehead atoms. The molecule has 2 aromatic rings. The number of fused-ring (bicyclic) bond motifs is 1. The van der Waals surface area contributed by atoms with Gasteiger partial charge < -0.3 is 0 Å². The third-order valence-electron chi connectivity index (χ3n) is 1.96. The van der Waals surface area contributed by atoms with Crippen LogP contribution in [-0.2, 0) is 0 Å². The largest absolute Gasteiger partial charge is 0.207 e. The number of hydrogen-bond donors (Lipinski definition) is 0. The third kappa shape index (κ3) is 1.25. The Morgan fingerprint density at radius 2 is 2.00 bits per heavy atom. The first-order valence-electron chi connectivity index (χ1n) is 3.89. The van der Waals surface area contributed by atoms with E-state index in [4.69, 9.17) is 5.26 Å². The van der Waals surface area contributed by atoms with Crippen molar-refractivity contribution in [1.29, 1.82) is 5.26 Å². The maximum absolute atomic E-state index is 12.8. The molecule has 13 heavy (non-hydrogen) atoms. The van der Waals surface area contributed by atoms with Crippen molar-refractivity contribution in [2.75, 3.05) is 0 Å². The van der Waals surface area contributed by atoms with Gasteiger partial charge in [-0.2, -0.15) is 5.26 Å². The van der Waals surface area contributed by atoms with Gasteiger partial charge in [0, 0.05) is 5.39 Å². The summed E-state index contributed by atoms with van der Waals surface area (Å²) < 4.78 is 12.8. The number of benzene rings is 2. The van der Waals surface area contributed by atoms with E-state index in [1.54, 1.807) is 18.2 Å². The van der Waals surface area contributed by atoms with Crippen molar-refractivity contribution in [3.63, 3.8) is 0 Å². The second kappa shape index (κ2) is 2.87. The van der Waals surface area contributed by atoms with Gasteiger partial charge in [0.1, 0.15) is 5.82 Å². The first-order chi connectivity index (χ1) is 6.31. The lowest BCUT2D eigenvalue weighted by atomic mass is 10.1. The van der Waals surface area contributed by atoms with Gasteiger partial charge in [0.25, 0.3) is 0 Å². The lowest BCUT2D eigenvalue weighted by molar-refractivity contribution is 0.629. The summed E-state index contributed by atoms with van der Waals surface area (Å²) in [5, 5.41) is 10.3. The predicted octanol–water partition coefficient (Wildman–Crippen LogP) is 2.85. The second-order valence-electron chi connectivity index (χ2n) is 2.78. The molecular formula is C11H6FN. The van der Waals surface area contributed by atoms with E-state index in [0.29, 0.717) is 10.9 Å². The van der Waals surface area contributed by atoms with Gasteiger partial charge in [0.15, 0.2) is 0 Å². The highest BCUT2D eigenvalue weighted by Gasteiger charge is 2.00. The highest BCUT2D eigenvalue weighted by molar-refractivity contribution is 5.87. The molecule has 0 heterocycles. The van der Waals surface area contributed by atoms with E-state index >= 15 is 0 Å². The maximum Gasteiger partial charge on any atom is 0.123 e. The van der Waals surface area contributed by atoms with Crippen LogP contribution in [0.3, 0.4) is 0 Å². The van der Waals surface area contributed by atoms with Crippen LogP contribution in [0.2, 0.25) is 0 Å². The predicted molar refractivity (Wildman–Crippen MR) is 48.6 cm³/mol. The van der Waals surface area contributed by atoms with Crippen LogP contribution in [0.1, 0.15) is 5.56 Å². The smallest absolute Gasteiger partial charge is 0.123 e. The van der Waals surface area contributed by atoms with Crippen molar-refractivity contribution in [3.8, 4) is 6.07 Å². The normalized spacial score (nSPS) is 9.85. The molecule has 2 heteroatoms. The van der Waals surface area contributed by atoms with Crippen LogP contribution in [-0.4, -0.2) is 0 Å². The average molecular weight is 171 g/mol. The maximum atomic E-state index is 12.8. The summed E-state index contributed by atoms with van der Waals surface area (Å²) in [6.07, 6.45) is 0. The zero-order chi connectivity index (χ0) is 9.26. The Labute approximate surface area is 75.0 Å². The minimum absolute atomic E-state index is 0.310. The molecule has 0 saturated heterocycles. The van der Waals surface area contributed by atoms with Crippen LogP contribution in [0.25, 0.3) is 10.8 Å². The van der Waals surface area contributed by atoms with E-state index in [1.165, 1.54) is 12.1 Å². The molecule has 0 amide bonds. The highest BCUT2D eigenvalue weighted by atomic mass is 19.1. The van der Waals surface area contributed by atoms with Crippen molar-refractivity contribution in [1.82, 2.24) is 0 Å². The zero-order valence-electron chi connectivity index (χ0n) is 6.79. The molecule has 2 rings (SSSR count). The van der Waals surface area contributed by atoms with Crippen LogP contribution in [0.15, 0.2) is 36.4 Å². The van der Waals surface area contributed by atoms with E-state index in [-0.39, 0.29) is 5.82 Å². The zero-order valence-corrected chi connectivity index (χ0v) is 6.79. The monoisotopic (exact) mass is 171 g/mol. The molecule has 0 aliphatic rings.